The molecule has 2 aromatic rings. The van der Waals surface area contributed by atoms with E-state index in [9.17, 15) is 14.0 Å². The van der Waals surface area contributed by atoms with Gasteiger partial charge in [-0.05, 0) is 25.0 Å². The maximum absolute atomic E-state index is 13.5. The summed E-state index contributed by atoms with van der Waals surface area (Å²) in [5.74, 6) is -1.63. The zero-order valence-electron chi connectivity index (χ0n) is 11.8. The molecule has 1 fully saturated rings. The van der Waals surface area contributed by atoms with Crippen LogP contribution in [-0.4, -0.2) is 45.8 Å². The van der Waals surface area contributed by atoms with Gasteiger partial charge in [-0.25, -0.2) is 9.37 Å². The van der Waals surface area contributed by atoms with Gasteiger partial charge in [0, 0.05) is 19.1 Å². The Morgan fingerprint density at radius 1 is 1.32 bits per heavy atom. The lowest BCUT2D eigenvalue weighted by atomic mass is 10.1. The van der Waals surface area contributed by atoms with E-state index in [1.165, 1.54) is 6.07 Å². The van der Waals surface area contributed by atoms with Crippen LogP contribution >= 0.6 is 0 Å². The van der Waals surface area contributed by atoms with Crippen molar-refractivity contribution in [2.75, 3.05) is 13.1 Å². The van der Waals surface area contributed by atoms with Crippen molar-refractivity contribution in [2.45, 2.75) is 18.9 Å². The van der Waals surface area contributed by atoms with Crippen molar-refractivity contribution in [3.8, 4) is 0 Å². The summed E-state index contributed by atoms with van der Waals surface area (Å²) in [6.45, 7) is 1.10. The second kappa shape index (κ2) is 5.38. The fraction of sp³-hybridized carbons (Fsp3) is 0.357. The van der Waals surface area contributed by atoms with E-state index in [4.69, 9.17) is 11.5 Å². The number of carbonyl (C=O) groups excluding carboxylic acids is 2. The SMILES string of the molecule is NC(=O)c1cc(F)cc2[nH]c(C(=O)N3CCC(N)CC3)nc12. The third-order valence-corrected chi connectivity index (χ3v) is 3.85. The van der Waals surface area contributed by atoms with Gasteiger partial charge >= 0.3 is 0 Å². The molecule has 1 aromatic carbocycles. The normalized spacial score (nSPS) is 16.2. The van der Waals surface area contributed by atoms with Gasteiger partial charge in [0.2, 0.25) is 0 Å². The molecular weight excluding hydrogens is 289 g/mol. The number of hydrogen-bond acceptors (Lipinski definition) is 4. The first-order valence-electron chi connectivity index (χ1n) is 6.99. The van der Waals surface area contributed by atoms with E-state index in [1.54, 1.807) is 4.90 Å². The van der Waals surface area contributed by atoms with Crippen molar-refractivity contribution in [3.05, 3.63) is 29.3 Å². The maximum Gasteiger partial charge on any atom is 0.289 e. The largest absolute Gasteiger partial charge is 0.366 e. The third-order valence-electron chi connectivity index (χ3n) is 3.85. The molecule has 7 nitrogen and oxygen atoms in total. The highest BCUT2D eigenvalue weighted by Gasteiger charge is 2.25. The molecule has 0 aliphatic carbocycles. The van der Waals surface area contributed by atoms with E-state index in [0.717, 1.165) is 18.9 Å². The number of nitrogens with zero attached hydrogens (tertiary/aromatic N) is 2. The van der Waals surface area contributed by atoms with E-state index in [1.807, 2.05) is 0 Å². The second-order valence-corrected chi connectivity index (χ2v) is 5.43. The molecule has 0 radical (unpaired) electrons. The third kappa shape index (κ3) is 2.52. The molecule has 1 aromatic heterocycles. The summed E-state index contributed by atoms with van der Waals surface area (Å²) in [4.78, 5) is 32.3. The predicted octanol–water partition coefficient (Wildman–Crippen LogP) is 0.364. The number of nitrogens with one attached hydrogen (secondary N) is 1. The van der Waals surface area contributed by atoms with Crippen LogP contribution in [0.15, 0.2) is 12.1 Å². The minimum Gasteiger partial charge on any atom is -0.366 e. The minimum atomic E-state index is -0.793. The van der Waals surface area contributed by atoms with Crippen LogP contribution in [0.3, 0.4) is 0 Å². The van der Waals surface area contributed by atoms with Crippen molar-refractivity contribution in [1.82, 2.24) is 14.9 Å². The predicted molar refractivity (Wildman–Crippen MR) is 77.7 cm³/mol. The molecule has 0 unspecified atom stereocenters. The Balaban J connectivity index is 1.96. The van der Waals surface area contributed by atoms with Crippen LogP contribution in [0, 0.1) is 5.82 Å². The lowest BCUT2D eigenvalue weighted by Gasteiger charge is -2.29. The average Bonchev–Trinajstić information content (AvgIpc) is 2.89. The number of halogens is 1. The molecule has 5 N–H and O–H groups in total. The van der Waals surface area contributed by atoms with Crippen LogP contribution in [0.1, 0.15) is 33.8 Å². The standard InChI is InChI=1S/C14H16FN5O2/c15-7-5-9(12(17)21)11-10(6-7)18-13(19-11)14(22)20-3-1-8(16)2-4-20/h5-6,8H,1-4,16H2,(H2,17,21)(H,18,19). The van der Waals surface area contributed by atoms with Crippen LogP contribution < -0.4 is 11.5 Å². The molecule has 8 heteroatoms. The zero-order chi connectivity index (χ0) is 15.9. The fourth-order valence-electron chi connectivity index (χ4n) is 2.62. The monoisotopic (exact) mass is 305 g/mol. The van der Waals surface area contributed by atoms with E-state index >= 15 is 0 Å². The highest BCUT2D eigenvalue weighted by Crippen LogP contribution is 2.20. The van der Waals surface area contributed by atoms with Gasteiger partial charge in [-0.1, -0.05) is 0 Å². The summed E-state index contributed by atoms with van der Waals surface area (Å²) in [6.07, 6.45) is 1.46. The number of rotatable bonds is 2. The maximum atomic E-state index is 13.5. The average molecular weight is 305 g/mol. The molecule has 2 amide bonds. The number of carbonyl (C=O) groups is 2. The quantitative estimate of drug-likeness (QED) is 0.742. The van der Waals surface area contributed by atoms with Gasteiger partial charge in [0.15, 0.2) is 5.82 Å². The summed E-state index contributed by atoms with van der Waals surface area (Å²) in [6, 6.07) is 2.30. The van der Waals surface area contributed by atoms with Crippen LogP contribution in [0.4, 0.5) is 4.39 Å². The first kappa shape index (κ1) is 14.5. The lowest BCUT2D eigenvalue weighted by molar-refractivity contribution is 0.0703. The molecular formula is C14H16FN5O2. The smallest absolute Gasteiger partial charge is 0.289 e. The Bertz CT molecular complexity index is 749. The van der Waals surface area contributed by atoms with Crippen LogP contribution in [-0.2, 0) is 0 Å². The highest BCUT2D eigenvalue weighted by atomic mass is 19.1. The van der Waals surface area contributed by atoms with E-state index in [-0.39, 0.29) is 34.4 Å². The number of piperidine rings is 1. The number of benzene rings is 1. The summed E-state index contributed by atoms with van der Waals surface area (Å²) in [5, 5.41) is 0. The van der Waals surface area contributed by atoms with Gasteiger partial charge in [-0.3, -0.25) is 9.59 Å². The Morgan fingerprint density at radius 3 is 2.64 bits per heavy atom. The van der Waals surface area contributed by atoms with Crippen LogP contribution in [0.25, 0.3) is 11.0 Å². The minimum absolute atomic E-state index is 0.0500. The van der Waals surface area contributed by atoms with Crippen molar-refractivity contribution >= 4 is 22.8 Å². The number of aromatic amines is 1. The number of amides is 2. The number of likely N-dealkylation sites (tertiary alicyclic amines) is 1. The Kier molecular flexibility index (Phi) is 3.53. The summed E-state index contributed by atoms with van der Waals surface area (Å²) in [7, 11) is 0. The Labute approximate surface area is 125 Å². The van der Waals surface area contributed by atoms with E-state index in [0.29, 0.717) is 13.1 Å². The van der Waals surface area contributed by atoms with Gasteiger partial charge in [0.1, 0.15) is 11.3 Å². The van der Waals surface area contributed by atoms with Gasteiger partial charge in [-0.15, -0.1) is 0 Å². The Hall–Kier alpha value is -2.48. The topological polar surface area (TPSA) is 118 Å². The van der Waals surface area contributed by atoms with Gasteiger partial charge in [0.25, 0.3) is 11.8 Å². The molecule has 0 spiro atoms. The van der Waals surface area contributed by atoms with Crippen molar-refractivity contribution in [2.24, 2.45) is 11.5 Å². The molecule has 116 valence electrons. The van der Waals surface area contributed by atoms with Gasteiger partial charge < -0.3 is 21.4 Å². The fourth-order valence-corrected chi connectivity index (χ4v) is 2.62. The molecule has 0 atom stereocenters. The molecule has 0 bridgehead atoms. The lowest BCUT2D eigenvalue weighted by Crippen LogP contribution is -2.43. The van der Waals surface area contributed by atoms with Crippen molar-refractivity contribution in [1.29, 1.82) is 0 Å². The number of primary amides is 1. The first-order valence-corrected chi connectivity index (χ1v) is 6.99. The highest BCUT2D eigenvalue weighted by molar-refractivity contribution is 6.05. The van der Waals surface area contributed by atoms with Crippen LogP contribution in [0.5, 0.6) is 0 Å². The zero-order valence-corrected chi connectivity index (χ0v) is 11.8. The molecule has 1 aliphatic rings. The molecule has 2 heterocycles. The number of fused-ring (bicyclic) bond motifs is 1. The molecule has 1 aliphatic heterocycles. The van der Waals surface area contributed by atoms with Gasteiger partial charge in [-0.2, -0.15) is 0 Å². The van der Waals surface area contributed by atoms with Crippen molar-refractivity contribution < 1.29 is 14.0 Å². The van der Waals surface area contributed by atoms with E-state index < -0.39 is 11.7 Å². The number of nitrogens with two attached hydrogens (primary N) is 2. The number of hydrogen-bond donors (Lipinski definition) is 3. The summed E-state index contributed by atoms with van der Waals surface area (Å²) >= 11 is 0. The molecule has 0 saturated carbocycles. The first-order chi connectivity index (χ1) is 10.5. The Morgan fingerprint density at radius 2 is 2.00 bits per heavy atom. The van der Waals surface area contributed by atoms with Gasteiger partial charge in [0.05, 0.1) is 11.1 Å². The summed E-state index contributed by atoms with van der Waals surface area (Å²) in [5.41, 5.74) is 11.5. The molecule has 3 rings (SSSR count). The number of H-pyrrole nitrogens is 1. The molecule has 1 saturated heterocycles. The van der Waals surface area contributed by atoms with Crippen molar-refractivity contribution in [3.63, 3.8) is 0 Å². The number of imidazole rings is 1. The second-order valence-electron chi connectivity index (χ2n) is 5.43. The molecule has 22 heavy (non-hydrogen) atoms. The van der Waals surface area contributed by atoms with E-state index in [2.05, 4.69) is 9.97 Å². The number of aromatic nitrogens is 2. The van der Waals surface area contributed by atoms with Crippen LogP contribution in [0.2, 0.25) is 0 Å². The summed E-state index contributed by atoms with van der Waals surface area (Å²) < 4.78 is 13.5.